The Morgan fingerprint density at radius 1 is 1.00 bits per heavy atom. The van der Waals surface area contributed by atoms with Gasteiger partial charge in [-0.3, -0.25) is 5.43 Å². The molecule has 3 aromatic rings. The molecule has 0 saturated carbocycles. The first-order valence-electron chi connectivity index (χ1n) is 8.96. The van der Waals surface area contributed by atoms with Crippen LogP contribution in [0.2, 0.25) is 10.0 Å². The number of hydrazone groups is 1. The SMILES string of the molecule is COc1cc(C=NNC(=S)Nc2ccccc2)ccc1OC(=O)c1ccc(Cl)c(Cl)c1. The molecule has 6 nitrogen and oxygen atoms in total. The van der Waals surface area contributed by atoms with Crippen LogP contribution in [0.15, 0.2) is 71.8 Å². The lowest BCUT2D eigenvalue weighted by Gasteiger charge is -2.10. The Labute approximate surface area is 194 Å². The van der Waals surface area contributed by atoms with Gasteiger partial charge in [-0.1, -0.05) is 41.4 Å². The van der Waals surface area contributed by atoms with Gasteiger partial charge in [-0.2, -0.15) is 5.10 Å². The summed E-state index contributed by atoms with van der Waals surface area (Å²) in [5.41, 5.74) is 4.57. The highest BCUT2D eigenvalue weighted by Crippen LogP contribution is 2.29. The fourth-order valence-corrected chi connectivity index (χ4v) is 2.95. The number of nitrogens with one attached hydrogen (secondary N) is 2. The lowest BCUT2D eigenvalue weighted by molar-refractivity contribution is 0.0729. The largest absolute Gasteiger partial charge is 0.493 e. The average Bonchev–Trinajstić information content (AvgIpc) is 2.77. The van der Waals surface area contributed by atoms with Gasteiger partial charge in [0.25, 0.3) is 0 Å². The molecule has 0 radical (unpaired) electrons. The highest BCUT2D eigenvalue weighted by atomic mass is 35.5. The van der Waals surface area contributed by atoms with Gasteiger partial charge < -0.3 is 14.8 Å². The van der Waals surface area contributed by atoms with Crippen LogP contribution in [0.5, 0.6) is 11.5 Å². The van der Waals surface area contributed by atoms with Crippen LogP contribution in [0.3, 0.4) is 0 Å². The molecule has 0 spiro atoms. The third kappa shape index (κ3) is 6.42. The molecule has 0 aliphatic rings. The Morgan fingerprint density at radius 3 is 2.48 bits per heavy atom. The van der Waals surface area contributed by atoms with Crippen molar-refractivity contribution in [3.05, 3.63) is 87.9 Å². The van der Waals surface area contributed by atoms with Crippen molar-refractivity contribution < 1.29 is 14.3 Å². The van der Waals surface area contributed by atoms with Crippen molar-refractivity contribution in [2.24, 2.45) is 5.10 Å². The van der Waals surface area contributed by atoms with Crippen molar-refractivity contribution >= 4 is 58.4 Å². The summed E-state index contributed by atoms with van der Waals surface area (Å²) in [6, 6.07) is 19.0. The van der Waals surface area contributed by atoms with Crippen molar-refractivity contribution in [1.29, 1.82) is 0 Å². The van der Waals surface area contributed by atoms with Crippen LogP contribution < -0.4 is 20.2 Å². The van der Waals surface area contributed by atoms with E-state index in [0.717, 1.165) is 5.69 Å². The van der Waals surface area contributed by atoms with Crippen molar-refractivity contribution in [2.75, 3.05) is 12.4 Å². The highest BCUT2D eigenvalue weighted by molar-refractivity contribution is 7.80. The zero-order valence-corrected chi connectivity index (χ0v) is 18.6. The molecule has 3 aromatic carbocycles. The second-order valence-electron chi connectivity index (χ2n) is 6.12. The van der Waals surface area contributed by atoms with Gasteiger partial charge in [0, 0.05) is 5.69 Å². The molecule has 0 heterocycles. The number of hydrogen-bond acceptors (Lipinski definition) is 5. The van der Waals surface area contributed by atoms with E-state index in [-0.39, 0.29) is 16.3 Å². The van der Waals surface area contributed by atoms with Gasteiger partial charge >= 0.3 is 5.97 Å². The van der Waals surface area contributed by atoms with E-state index in [1.165, 1.54) is 25.3 Å². The molecule has 0 atom stereocenters. The monoisotopic (exact) mass is 473 g/mol. The molecule has 0 bridgehead atoms. The second kappa shape index (κ2) is 10.8. The molecule has 0 aliphatic heterocycles. The maximum atomic E-state index is 12.4. The van der Waals surface area contributed by atoms with E-state index >= 15 is 0 Å². The van der Waals surface area contributed by atoms with Crippen LogP contribution in [-0.2, 0) is 0 Å². The van der Waals surface area contributed by atoms with Crippen LogP contribution in [0.25, 0.3) is 0 Å². The summed E-state index contributed by atoms with van der Waals surface area (Å²) in [6.07, 6.45) is 1.56. The van der Waals surface area contributed by atoms with Gasteiger partial charge in [0.2, 0.25) is 0 Å². The molecule has 0 aromatic heterocycles. The topological polar surface area (TPSA) is 71.9 Å². The number of benzene rings is 3. The van der Waals surface area contributed by atoms with Gasteiger partial charge in [0.1, 0.15) is 0 Å². The number of ether oxygens (including phenoxy) is 2. The van der Waals surface area contributed by atoms with Crippen molar-refractivity contribution in [1.82, 2.24) is 5.43 Å². The fourth-order valence-electron chi connectivity index (χ4n) is 2.48. The highest BCUT2D eigenvalue weighted by Gasteiger charge is 2.14. The van der Waals surface area contributed by atoms with E-state index in [1.807, 2.05) is 30.3 Å². The second-order valence-corrected chi connectivity index (χ2v) is 7.34. The molecule has 2 N–H and O–H groups in total. The summed E-state index contributed by atoms with van der Waals surface area (Å²) >= 11 is 17.0. The Bertz CT molecular complexity index is 1120. The van der Waals surface area contributed by atoms with E-state index < -0.39 is 5.97 Å². The number of hydrogen-bond donors (Lipinski definition) is 2. The zero-order valence-electron chi connectivity index (χ0n) is 16.3. The van der Waals surface area contributed by atoms with Crippen LogP contribution in [0.1, 0.15) is 15.9 Å². The number of anilines is 1. The molecule has 158 valence electrons. The minimum Gasteiger partial charge on any atom is -0.493 e. The van der Waals surface area contributed by atoms with E-state index in [9.17, 15) is 4.79 Å². The molecule has 3 rings (SSSR count). The van der Waals surface area contributed by atoms with Gasteiger partial charge in [-0.25, -0.2) is 4.79 Å². The Kier molecular flexibility index (Phi) is 7.83. The summed E-state index contributed by atoms with van der Waals surface area (Å²) < 4.78 is 10.8. The first-order chi connectivity index (χ1) is 15.0. The molecule has 0 unspecified atom stereocenters. The fraction of sp³-hybridized carbons (Fsp3) is 0.0455. The summed E-state index contributed by atoms with van der Waals surface area (Å²) in [4.78, 5) is 12.4. The molecule has 0 saturated heterocycles. The number of carbonyl (C=O) groups is 1. The van der Waals surface area contributed by atoms with Crippen molar-refractivity contribution in [3.8, 4) is 11.5 Å². The predicted molar refractivity (Wildman–Crippen MR) is 128 cm³/mol. The van der Waals surface area contributed by atoms with Crippen LogP contribution in [-0.4, -0.2) is 24.4 Å². The van der Waals surface area contributed by atoms with E-state index in [1.54, 1.807) is 24.4 Å². The van der Waals surface area contributed by atoms with Crippen LogP contribution in [0.4, 0.5) is 5.69 Å². The number of para-hydroxylation sites is 1. The molecule has 0 fully saturated rings. The molecule has 0 amide bonds. The standard InChI is InChI=1S/C22H17Cl2N3O3S/c1-29-20-11-14(13-25-27-22(31)26-16-5-3-2-4-6-16)7-10-19(20)30-21(28)15-8-9-17(23)18(24)12-15/h2-13H,1H3,(H2,26,27,31). The Balaban J connectivity index is 1.63. The van der Waals surface area contributed by atoms with Gasteiger partial charge in [-0.05, 0) is 66.3 Å². The normalized spacial score (nSPS) is 10.5. The molecule has 0 aliphatic carbocycles. The number of methoxy groups -OCH3 is 1. The summed E-state index contributed by atoms with van der Waals surface area (Å²) in [7, 11) is 1.48. The van der Waals surface area contributed by atoms with Gasteiger partial charge in [0.05, 0.1) is 28.9 Å². The first-order valence-corrected chi connectivity index (χ1v) is 10.1. The first kappa shape index (κ1) is 22.6. The van der Waals surface area contributed by atoms with E-state index in [4.69, 9.17) is 44.9 Å². The minimum absolute atomic E-state index is 0.255. The van der Waals surface area contributed by atoms with Crippen molar-refractivity contribution in [2.45, 2.75) is 0 Å². The molecular weight excluding hydrogens is 457 g/mol. The lowest BCUT2D eigenvalue weighted by Crippen LogP contribution is -2.23. The predicted octanol–water partition coefficient (Wildman–Crippen LogP) is 5.54. The quantitative estimate of drug-likeness (QED) is 0.161. The van der Waals surface area contributed by atoms with Gasteiger partial charge in [-0.15, -0.1) is 0 Å². The number of halogens is 2. The lowest BCUT2D eigenvalue weighted by atomic mass is 10.2. The van der Waals surface area contributed by atoms with E-state index in [0.29, 0.717) is 21.4 Å². The molecular formula is C22H17Cl2N3O3S. The number of esters is 1. The number of nitrogens with zero attached hydrogens (tertiary/aromatic N) is 1. The number of thiocarbonyl (C=S) groups is 1. The Hall–Kier alpha value is -3.13. The third-order valence-electron chi connectivity index (χ3n) is 3.96. The number of rotatable bonds is 6. The zero-order chi connectivity index (χ0) is 22.2. The summed E-state index contributed by atoms with van der Waals surface area (Å²) in [5.74, 6) is 0.0320. The van der Waals surface area contributed by atoms with Gasteiger partial charge in [0.15, 0.2) is 16.6 Å². The smallest absolute Gasteiger partial charge is 0.343 e. The van der Waals surface area contributed by atoms with Crippen LogP contribution in [0, 0.1) is 0 Å². The maximum Gasteiger partial charge on any atom is 0.343 e. The van der Waals surface area contributed by atoms with Crippen molar-refractivity contribution in [3.63, 3.8) is 0 Å². The average molecular weight is 474 g/mol. The Morgan fingerprint density at radius 2 is 1.77 bits per heavy atom. The third-order valence-corrected chi connectivity index (χ3v) is 4.89. The minimum atomic E-state index is -0.586. The number of carbonyl (C=O) groups excluding carboxylic acids is 1. The van der Waals surface area contributed by atoms with Crippen LogP contribution >= 0.6 is 35.4 Å². The molecule has 31 heavy (non-hydrogen) atoms. The summed E-state index contributed by atoms with van der Waals surface area (Å²) in [6.45, 7) is 0. The molecule has 9 heteroatoms. The maximum absolute atomic E-state index is 12.4. The summed E-state index contributed by atoms with van der Waals surface area (Å²) in [5, 5.41) is 8.08. The van der Waals surface area contributed by atoms with E-state index in [2.05, 4.69) is 15.8 Å².